The van der Waals surface area contributed by atoms with Crippen molar-refractivity contribution in [3.63, 3.8) is 0 Å². The third kappa shape index (κ3) is 8.20. The van der Waals surface area contributed by atoms with Gasteiger partial charge in [-0.1, -0.05) is 75.3 Å². The molecule has 2 aromatic rings. The fourth-order valence-electron chi connectivity index (χ4n) is 4.45. The first kappa shape index (κ1) is 26.9. The predicted octanol–water partition coefficient (Wildman–Crippen LogP) is 6.28. The van der Waals surface area contributed by atoms with E-state index in [1.54, 1.807) is 30.3 Å². The molecule has 0 aromatic heterocycles. The third-order valence-corrected chi connectivity index (χ3v) is 8.30. The molecule has 1 amide bonds. The molecule has 6 nitrogen and oxygen atoms in total. The van der Waals surface area contributed by atoms with Gasteiger partial charge in [0.1, 0.15) is 6.54 Å². The molecule has 0 radical (unpaired) electrons. The van der Waals surface area contributed by atoms with E-state index in [0.717, 1.165) is 42.5 Å². The molecule has 1 saturated carbocycles. The predicted molar refractivity (Wildman–Crippen MR) is 143 cm³/mol. The molecule has 1 aliphatic carbocycles. The van der Waals surface area contributed by atoms with Crippen LogP contribution < -0.4 is 9.73 Å². The van der Waals surface area contributed by atoms with E-state index in [1.165, 1.54) is 49.3 Å². The summed E-state index contributed by atoms with van der Waals surface area (Å²) in [5.41, 5.74) is 5.88. The molecular formula is C28H39N3O3S. The molecule has 3 rings (SSSR count). The maximum atomic E-state index is 13.6. The van der Waals surface area contributed by atoms with Gasteiger partial charge in [0, 0.05) is 5.71 Å². The Morgan fingerprint density at radius 3 is 2.03 bits per heavy atom. The zero-order valence-corrected chi connectivity index (χ0v) is 21.9. The number of carbonyl (C=O) groups excluding carboxylic acids is 1. The van der Waals surface area contributed by atoms with E-state index in [4.69, 9.17) is 0 Å². The number of rotatable bonds is 6. The highest BCUT2D eigenvalue weighted by molar-refractivity contribution is 7.92. The van der Waals surface area contributed by atoms with Crippen LogP contribution in [0.2, 0.25) is 0 Å². The minimum Gasteiger partial charge on any atom is -0.271 e. The van der Waals surface area contributed by atoms with E-state index in [2.05, 4.69) is 10.5 Å². The number of hydrazone groups is 1. The van der Waals surface area contributed by atoms with Crippen LogP contribution in [0.15, 0.2) is 58.5 Å². The Balaban J connectivity index is 1.79. The molecule has 0 unspecified atom stereocenters. The van der Waals surface area contributed by atoms with E-state index in [9.17, 15) is 13.2 Å². The number of nitrogens with zero attached hydrogens (tertiary/aromatic N) is 2. The fraction of sp³-hybridized carbons (Fsp3) is 0.500. The van der Waals surface area contributed by atoms with E-state index in [-0.39, 0.29) is 11.4 Å². The molecule has 1 N–H and O–H groups in total. The minimum atomic E-state index is -3.93. The summed E-state index contributed by atoms with van der Waals surface area (Å²) in [5.74, 6) is -0.441. The van der Waals surface area contributed by atoms with Crippen molar-refractivity contribution < 1.29 is 13.2 Å². The summed E-state index contributed by atoms with van der Waals surface area (Å²) in [6.07, 6.45) is 12.7. The second-order valence-corrected chi connectivity index (χ2v) is 11.4. The molecule has 2 aromatic carbocycles. The van der Waals surface area contributed by atoms with Crippen molar-refractivity contribution in [3.8, 4) is 0 Å². The Morgan fingerprint density at radius 2 is 1.43 bits per heavy atom. The molecule has 1 aliphatic rings. The molecular weight excluding hydrogens is 458 g/mol. The average Bonchev–Trinajstić information content (AvgIpc) is 2.84. The number of benzene rings is 2. The van der Waals surface area contributed by atoms with Crippen molar-refractivity contribution in [3.05, 3.63) is 59.7 Å². The second-order valence-electron chi connectivity index (χ2n) is 9.51. The highest BCUT2D eigenvalue weighted by atomic mass is 32.2. The van der Waals surface area contributed by atoms with Gasteiger partial charge in [0.15, 0.2) is 0 Å². The van der Waals surface area contributed by atoms with E-state index < -0.39 is 15.9 Å². The highest BCUT2D eigenvalue weighted by Gasteiger charge is 2.28. The van der Waals surface area contributed by atoms with Gasteiger partial charge in [-0.15, -0.1) is 0 Å². The summed E-state index contributed by atoms with van der Waals surface area (Å²) >= 11 is 0. The van der Waals surface area contributed by atoms with Crippen molar-refractivity contribution in [1.82, 2.24) is 5.43 Å². The number of aryl methyl sites for hydroxylation is 2. The fourth-order valence-corrected chi connectivity index (χ4v) is 5.95. The molecule has 35 heavy (non-hydrogen) atoms. The Morgan fingerprint density at radius 1 is 0.857 bits per heavy atom. The van der Waals surface area contributed by atoms with Gasteiger partial charge in [0.2, 0.25) is 0 Å². The van der Waals surface area contributed by atoms with Crippen molar-refractivity contribution >= 4 is 27.3 Å². The summed E-state index contributed by atoms with van der Waals surface area (Å²) in [6, 6.07) is 13.9. The molecule has 0 bridgehead atoms. The molecule has 1 fully saturated rings. The lowest BCUT2D eigenvalue weighted by Crippen LogP contribution is -2.40. The van der Waals surface area contributed by atoms with Gasteiger partial charge in [-0.2, -0.15) is 5.10 Å². The number of hydrogen-bond donors (Lipinski definition) is 1. The summed E-state index contributed by atoms with van der Waals surface area (Å²) < 4.78 is 28.3. The van der Waals surface area contributed by atoms with Crippen molar-refractivity contribution in [2.24, 2.45) is 5.10 Å². The van der Waals surface area contributed by atoms with Crippen LogP contribution in [0.1, 0.15) is 81.8 Å². The van der Waals surface area contributed by atoms with Gasteiger partial charge in [-0.25, -0.2) is 13.8 Å². The van der Waals surface area contributed by atoms with Crippen LogP contribution in [-0.4, -0.2) is 26.6 Å². The Bertz CT molecular complexity index is 1080. The summed E-state index contributed by atoms with van der Waals surface area (Å²) in [4.78, 5) is 13.1. The number of nitrogens with one attached hydrogen (secondary N) is 1. The highest BCUT2D eigenvalue weighted by Crippen LogP contribution is 2.27. The minimum absolute atomic E-state index is 0.152. The first-order chi connectivity index (χ1) is 16.9. The molecule has 7 heteroatoms. The van der Waals surface area contributed by atoms with Gasteiger partial charge in [-0.3, -0.25) is 9.10 Å². The molecule has 0 aliphatic heterocycles. The second kappa shape index (κ2) is 13.4. The number of sulfonamides is 1. The van der Waals surface area contributed by atoms with E-state index in [1.807, 2.05) is 32.0 Å². The SMILES string of the molecule is Cc1ccc(C)c(N(CC(=O)NN=C2CCCCCCCCCCC2)S(=O)(=O)c2ccccc2)c1. The molecule has 0 heterocycles. The summed E-state index contributed by atoms with van der Waals surface area (Å²) in [5, 5.41) is 4.45. The lowest BCUT2D eigenvalue weighted by atomic mass is 10.00. The van der Waals surface area contributed by atoms with E-state index >= 15 is 0 Å². The summed E-state index contributed by atoms with van der Waals surface area (Å²) in [6.45, 7) is 3.43. The normalized spacial score (nSPS) is 16.0. The Hall–Kier alpha value is -2.67. The quantitative estimate of drug-likeness (QED) is 0.477. The van der Waals surface area contributed by atoms with Crippen LogP contribution in [0.3, 0.4) is 0 Å². The monoisotopic (exact) mass is 497 g/mol. The van der Waals surface area contributed by atoms with Crippen LogP contribution in [0, 0.1) is 13.8 Å². The number of hydrogen-bond acceptors (Lipinski definition) is 4. The van der Waals surface area contributed by atoms with Gasteiger partial charge < -0.3 is 0 Å². The summed E-state index contributed by atoms with van der Waals surface area (Å²) in [7, 11) is -3.93. The molecule has 0 atom stereocenters. The smallest absolute Gasteiger partial charge is 0.264 e. The lowest BCUT2D eigenvalue weighted by Gasteiger charge is -2.25. The maximum absolute atomic E-state index is 13.6. The number of anilines is 1. The van der Waals surface area contributed by atoms with Crippen LogP contribution >= 0.6 is 0 Å². The Kier molecular flexibility index (Phi) is 10.3. The number of carbonyl (C=O) groups is 1. The van der Waals surface area contributed by atoms with Crippen molar-refractivity contribution in [2.75, 3.05) is 10.8 Å². The lowest BCUT2D eigenvalue weighted by molar-refractivity contribution is -0.119. The molecule has 190 valence electrons. The van der Waals surface area contributed by atoms with Gasteiger partial charge in [0.25, 0.3) is 15.9 Å². The molecule has 0 saturated heterocycles. The number of amides is 1. The van der Waals surface area contributed by atoms with Crippen molar-refractivity contribution in [1.29, 1.82) is 0 Å². The largest absolute Gasteiger partial charge is 0.271 e. The zero-order chi connectivity index (χ0) is 25.1. The van der Waals surface area contributed by atoms with Gasteiger partial charge in [-0.05, 0) is 68.9 Å². The van der Waals surface area contributed by atoms with Crippen LogP contribution in [-0.2, 0) is 14.8 Å². The third-order valence-electron chi connectivity index (χ3n) is 6.52. The van der Waals surface area contributed by atoms with E-state index in [0.29, 0.717) is 5.69 Å². The first-order valence-electron chi connectivity index (χ1n) is 12.9. The van der Waals surface area contributed by atoms with Crippen LogP contribution in [0.4, 0.5) is 5.69 Å². The average molecular weight is 498 g/mol. The van der Waals surface area contributed by atoms with Crippen LogP contribution in [0.5, 0.6) is 0 Å². The van der Waals surface area contributed by atoms with Gasteiger partial charge in [0.05, 0.1) is 10.6 Å². The first-order valence-corrected chi connectivity index (χ1v) is 14.3. The van der Waals surface area contributed by atoms with Crippen LogP contribution in [0.25, 0.3) is 0 Å². The zero-order valence-electron chi connectivity index (χ0n) is 21.1. The maximum Gasteiger partial charge on any atom is 0.264 e. The topological polar surface area (TPSA) is 78.8 Å². The Labute approximate surface area is 210 Å². The van der Waals surface area contributed by atoms with Gasteiger partial charge >= 0.3 is 0 Å². The standard InChI is InChI=1S/C28H39N3O3S/c1-23-19-20-24(2)27(21-23)31(35(33,34)26-17-13-10-14-18-26)22-28(32)30-29-25-15-11-8-6-4-3-5-7-9-12-16-25/h10,13-14,17-21H,3-9,11-12,15-16,22H2,1-2H3,(H,30,32). The van der Waals surface area contributed by atoms with Crippen molar-refractivity contribution in [2.45, 2.75) is 89.4 Å². The molecule has 0 spiro atoms.